The van der Waals surface area contributed by atoms with Crippen LogP contribution in [0.25, 0.3) is 11.0 Å². The topological polar surface area (TPSA) is 69.6 Å². The summed E-state index contributed by atoms with van der Waals surface area (Å²) in [5.74, 6) is 1.54. The standard InChI is InChI=1S/C11H11N5OS/c1-7-3-8(15-17-7)5-18-11-9-4-14-16(2)10(9)12-6-13-11/h3-4,6H,5H2,1-2H3. The van der Waals surface area contributed by atoms with Gasteiger partial charge < -0.3 is 4.52 Å². The first-order valence-corrected chi connectivity index (χ1v) is 6.40. The van der Waals surface area contributed by atoms with Crippen molar-refractivity contribution < 1.29 is 4.52 Å². The molecule has 0 aromatic carbocycles. The second kappa shape index (κ2) is 4.41. The highest BCUT2D eigenvalue weighted by atomic mass is 32.2. The number of aromatic nitrogens is 5. The van der Waals surface area contributed by atoms with Crippen molar-refractivity contribution in [1.29, 1.82) is 0 Å². The average molecular weight is 261 g/mol. The van der Waals surface area contributed by atoms with Crippen LogP contribution in [-0.2, 0) is 12.8 Å². The smallest absolute Gasteiger partial charge is 0.162 e. The minimum Gasteiger partial charge on any atom is -0.361 e. The van der Waals surface area contributed by atoms with E-state index in [0.29, 0.717) is 0 Å². The highest BCUT2D eigenvalue weighted by molar-refractivity contribution is 7.98. The molecule has 3 aromatic heterocycles. The van der Waals surface area contributed by atoms with E-state index < -0.39 is 0 Å². The van der Waals surface area contributed by atoms with E-state index in [1.54, 1.807) is 29.0 Å². The lowest BCUT2D eigenvalue weighted by Crippen LogP contribution is -1.92. The highest BCUT2D eigenvalue weighted by Gasteiger charge is 2.09. The lowest BCUT2D eigenvalue weighted by molar-refractivity contribution is 0.393. The van der Waals surface area contributed by atoms with Crippen molar-refractivity contribution in [2.75, 3.05) is 0 Å². The van der Waals surface area contributed by atoms with E-state index in [1.807, 2.05) is 20.0 Å². The van der Waals surface area contributed by atoms with Gasteiger partial charge in [-0.15, -0.1) is 0 Å². The zero-order valence-electron chi connectivity index (χ0n) is 9.99. The Bertz CT molecular complexity index is 690. The molecule has 0 aliphatic heterocycles. The first-order valence-electron chi connectivity index (χ1n) is 5.42. The van der Waals surface area contributed by atoms with Gasteiger partial charge in [-0.25, -0.2) is 9.97 Å². The summed E-state index contributed by atoms with van der Waals surface area (Å²) in [5.41, 5.74) is 1.75. The van der Waals surface area contributed by atoms with Gasteiger partial charge in [0.2, 0.25) is 0 Å². The number of fused-ring (bicyclic) bond motifs is 1. The predicted octanol–water partition coefficient (Wildman–Crippen LogP) is 1.95. The minimum absolute atomic E-state index is 0.721. The van der Waals surface area contributed by atoms with Gasteiger partial charge in [0.25, 0.3) is 0 Å². The Kier molecular flexibility index (Phi) is 2.75. The fourth-order valence-corrected chi connectivity index (χ4v) is 2.53. The summed E-state index contributed by atoms with van der Waals surface area (Å²) in [6.45, 7) is 1.88. The third-order valence-corrected chi connectivity index (χ3v) is 3.57. The van der Waals surface area contributed by atoms with Crippen LogP contribution < -0.4 is 0 Å². The van der Waals surface area contributed by atoms with Crippen LogP contribution >= 0.6 is 11.8 Å². The van der Waals surface area contributed by atoms with Crippen LogP contribution in [0.2, 0.25) is 0 Å². The molecule has 0 fully saturated rings. The van der Waals surface area contributed by atoms with Gasteiger partial charge in [-0.05, 0) is 6.92 Å². The molecule has 0 amide bonds. The van der Waals surface area contributed by atoms with Crippen LogP contribution in [0.1, 0.15) is 11.5 Å². The third-order valence-electron chi connectivity index (χ3n) is 2.53. The number of aryl methyl sites for hydroxylation is 2. The molecule has 6 nitrogen and oxygen atoms in total. The lowest BCUT2D eigenvalue weighted by atomic mass is 10.4. The van der Waals surface area contributed by atoms with Crippen molar-refractivity contribution >= 4 is 22.8 Å². The zero-order valence-corrected chi connectivity index (χ0v) is 10.8. The zero-order chi connectivity index (χ0) is 12.5. The first-order chi connectivity index (χ1) is 8.74. The van der Waals surface area contributed by atoms with Crippen LogP contribution in [-0.4, -0.2) is 24.9 Å². The molecule has 0 radical (unpaired) electrons. The van der Waals surface area contributed by atoms with Gasteiger partial charge in [-0.1, -0.05) is 16.9 Å². The first kappa shape index (κ1) is 11.2. The minimum atomic E-state index is 0.721. The second-order valence-corrected chi connectivity index (χ2v) is 4.87. The monoisotopic (exact) mass is 261 g/mol. The molecular weight excluding hydrogens is 250 g/mol. The molecule has 0 aliphatic carbocycles. The molecule has 3 heterocycles. The van der Waals surface area contributed by atoms with Crippen molar-refractivity contribution in [3.8, 4) is 0 Å². The fraction of sp³-hybridized carbons (Fsp3) is 0.273. The Morgan fingerprint density at radius 2 is 2.28 bits per heavy atom. The Morgan fingerprint density at radius 3 is 3.06 bits per heavy atom. The van der Waals surface area contributed by atoms with Gasteiger partial charge >= 0.3 is 0 Å². The largest absolute Gasteiger partial charge is 0.361 e. The van der Waals surface area contributed by atoms with Crippen molar-refractivity contribution in [2.45, 2.75) is 17.7 Å². The van der Waals surface area contributed by atoms with Crippen molar-refractivity contribution in [3.05, 3.63) is 30.0 Å². The summed E-state index contributed by atoms with van der Waals surface area (Å²) in [5, 5.41) is 10.0. The van der Waals surface area contributed by atoms with Crippen LogP contribution in [0.5, 0.6) is 0 Å². The van der Waals surface area contributed by atoms with Gasteiger partial charge in [0.05, 0.1) is 17.3 Å². The molecule has 0 unspecified atom stereocenters. The van der Waals surface area contributed by atoms with E-state index in [1.165, 1.54) is 0 Å². The van der Waals surface area contributed by atoms with E-state index in [0.717, 1.165) is 33.3 Å². The second-order valence-electron chi connectivity index (χ2n) is 3.90. The van der Waals surface area contributed by atoms with E-state index in [-0.39, 0.29) is 0 Å². The molecule has 7 heteroatoms. The summed E-state index contributed by atoms with van der Waals surface area (Å²) in [6.07, 6.45) is 3.34. The van der Waals surface area contributed by atoms with Crippen LogP contribution in [0.15, 0.2) is 28.1 Å². The van der Waals surface area contributed by atoms with Crippen LogP contribution in [0, 0.1) is 6.92 Å². The quantitative estimate of drug-likeness (QED) is 0.530. The molecule has 18 heavy (non-hydrogen) atoms. The molecule has 0 saturated heterocycles. The third kappa shape index (κ3) is 1.97. The van der Waals surface area contributed by atoms with Crippen molar-refractivity contribution in [1.82, 2.24) is 24.9 Å². The van der Waals surface area contributed by atoms with Gasteiger partial charge in [-0.3, -0.25) is 4.68 Å². The molecule has 3 aromatic rings. The molecule has 0 N–H and O–H groups in total. The number of hydrogen-bond donors (Lipinski definition) is 0. The number of nitrogens with zero attached hydrogens (tertiary/aromatic N) is 5. The fourth-order valence-electron chi connectivity index (χ4n) is 1.68. The molecule has 0 spiro atoms. The Balaban J connectivity index is 1.86. The van der Waals surface area contributed by atoms with E-state index >= 15 is 0 Å². The van der Waals surface area contributed by atoms with Crippen molar-refractivity contribution in [2.24, 2.45) is 7.05 Å². The maximum atomic E-state index is 5.03. The average Bonchev–Trinajstić information content (AvgIpc) is 2.94. The predicted molar refractivity (Wildman–Crippen MR) is 67.1 cm³/mol. The van der Waals surface area contributed by atoms with Gasteiger partial charge in [0.1, 0.15) is 17.1 Å². The molecule has 0 saturated carbocycles. The van der Waals surface area contributed by atoms with E-state index in [2.05, 4.69) is 20.2 Å². The Labute approximate surface area is 107 Å². The molecule has 92 valence electrons. The Morgan fingerprint density at radius 1 is 1.39 bits per heavy atom. The van der Waals surface area contributed by atoms with Gasteiger partial charge in [0, 0.05) is 18.9 Å². The van der Waals surface area contributed by atoms with Crippen LogP contribution in [0.3, 0.4) is 0 Å². The number of thioether (sulfide) groups is 1. The molecule has 3 rings (SSSR count). The summed E-state index contributed by atoms with van der Waals surface area (Å²) in [4.78, 5) is 8.48. The summed E-state index contributed by atoms with van der Waals surface area (Å²) < 4.78 is 6.77. The summed E-state index contributed by atoms with van der Waals surface area (Å²) >= 11 is 1.60. The van der Waals surface area contributed by atoms with E-state index in [4.69, 9.17) is 4.52 Å². The highest BCUT2D eigenvalue weighted by Crippen LogP contribution is 2.26. The molecule has 0 bridgehead atoms. The van der Waals surface area contributed by atoms with E-state index in [9.17, 15) is 0 Å². The van der Waals surface area contributed by atoms with Crippen molar-refractivity contribution in [3.63, 3.8) is 0 Å². The molecular formula is C11H11N5OS. The summed E-state index contributed by atoms with van der Waals surface area (Å²) in [6, 6.07) is 1.93. The Hall–Kier alpha value is -1.89. The van der Waals surface area contributed by atoms with Crippen LogP contribution in [0.4, 0.5) is 0 Å². The maximum Gasteiger partial charge on any atom is 0.162 e. The number of rotatable bonds is 3. The number of hydrogen-bond acceptors (Lipinski definition) is 6. The maximum absolute atomic E-state index is 5.03. The molecule has 0 aliphatic rings. The van der Waals surface area contributed by atoms with Gasteiger partial charge in [0.15, 0.2) is 5.65 Å². The molecule has 0 atom stereocenters. The lowest BCUT2D eigenvalue weighted by Gasteiger charge is -1.99. The van der Waals surface area contributed by atoms with Gasteiger partial charge in [-0.2, -0.15) is 5.10 Å². The normalized spacial score (nSPS) is 11.2. The summed E-state index contributed by atoms with van der Waals surface area (Å²) in [7, 11) is 1.87. The SMILES string of the molecule is Cc1cc(CSc2ncnc3c2cnn3C)no1.